The monoisotopic (exact) mass is 246 g/mol. The van der Waals surface area contributed by atoms with Crippen LogP contribution in [0.1, 0.15) is 39.0 Å². The molecule has 3 heteroatoms. The predicted octanol–water partition coefficient (Wildman–Crippen LogP) is 3.20. The second-order valence-electron chi connectivity index (χ2n) is 5.09. The predicted molar refractivity (Wildman–Crippen MR) is 75.5 cm³/mol. The van der Waals surface area contributed by atoms with Gasteiger partial charge in [-0.2, -0.15) is 0 Å². The molecule has 1 aliphatic rings. The lowest BCUT2D eigenvalue weighted by Gasteiger charge is -2.23. The minimum atomic E-state index is 0.231. The molecule has 0 unspecified atom stereocenters. The molecule has 0 radical (unpaired) electrons. The summed E-state index contributed by atoms with van der Waals surface area (Å²) in [5.74, 6) is 0.822. The summed E-state index contributed by atoms with van der Waals surface area (Å²) in [6.45, 7) is 2.71. The number of anilines is 2. The molecule has 1 aromatic carbocycles. The smallest absolute Gasteiger partial charge is 0.227 e. The Morgan fingerprint density at radius 3 is 2.72 bits per heavy atom. The van der Waals surface area contributed by atoms with Gasteiger partial charge in [-0.15, -0.1) is 0 Å². The van der Waals surface area contributed by atoms with E-state index in [9.17, 15) is 4.79 Å². The highest BCUT2D eigenvalue weighted by Gasteiger charge is 2.22. The van der Waals surface area contributed by atoms with Gasteiger partial charge in [0, 0.05) is 24.3 Å². The highest BCUT2D eigenvalue weighted by molar-refractivity contribution is 5.93. The molecule has 0 aromatic heterocycles. The number of carbonyl (C=O) groups is 1. The topological polar surface area (TPSA) is 46.3 Å². The van der Waals surface area contributed by atoms with Crippen molar-refractivity contribution in [2.45, 2.75) is 39.0 Å². The van der Waals surface area contributed by atoms with E-state index in [0.717, 1.165) is 5.69 Å². The van der Waals surface area contributed by atoms with Crippen LogP contribution in [0.5, 0.6) is 0 Å². The first kappa shape index (κ1) is 12.9. The van der Waals surface area contributed by atoms with Gasteiger partial charge in [-0.05, 0) is 43.9 Å². The Morgan fingerprint density at radius 1 is 1.39 bits per heavy atom. The summed E-state index contributed by atoms with van der Waals surface area (Å²) < 4.78 is 0. The Morgan fingerprint density at radius 2 is 2.11 bits per heavy atom. The van der Waals surface area contributed by atoms with Gasteiger partial charge >= 0.3 is 0 Å². The highest BCUT2D eigenvalue weighted by atomic mass is 16.2. The van der Waals surface area contributed by atoms with Crippen molar-refractivity contribution in [3.05, 3.63) is 24.3 Å². The lowest BCUT2D eigenvalue weighted by Crippen LogP contribution is -2.31. The zero-order chi connectivity index (χ0) is 13.0. The van der Waals surface area contributed by atoms with Gasteiger partial charge in [0.15, 0.2) is 0 Å². The van der Waals surface area contributed by atoms with E-state index in [-0.39, 0.29) is 5.91 Å². The quantitative estimate of drug-likeness (QED) is 0.829. The maximum Gasteiger partial charge on any atom is 0.227 e. The standard InChI is InChI=1S/C15H22N2O/c1-2-17(14-9-5-8-13(16)11-14)15(18)10-12-6-3-4-7-12/h5,8-9,11-12H,2-4,6-7,10,16H2,1H3. The highest BCUT2D eigenvalue weighted by Crippen LogP contribution is 2.29. The van der Waals surface area contributed by atoms with Crippen molar-refractivity contribution in [2.75, 3.05) is 17.2 Å². The van der Waals surface area contributed by atoms with Crippen molar-refractivity contribution in [2.24, 2.45) is 5.92 Å². The minimum absolute atomic E-state index is 0.231. The Balaban J connectivity index is 2.05. The zero-order valence-electron chi connectivity index (χ0n) is 11.1. The van der Waals surface area contributed by atoms with Crippen LogP contribution >= 0.6 is 0 Å². The summed E-state index contributed by atoms with van der Waals surface area (Å²) in [5.41, 5.74) is 7.40. The van der Waals surface area contributed by atoms with Crippen LogP contribution < -0.4 is 10.6 Å². The number of hydrogen-bond donors (Lipinski definition) is 1. The van der Waals surface area contributed by atoms with Gasteiger partial charge in [-0.3, -0.25) is 4.79 Å². The van der Waals surface area contributed by atoms with Gasteiger partial charge in [-0.25, -0.2) is 0 Å². The first-order valence-corrected chi connectivity index (χ1v) is 6.86. The Hall–Kier alpha value is -1.51. The molecule has 1 aliphatic carbocycles. The minimum Gasteiger partial charge on any atom is -0.399 e. The van der Waals surface area contributed by atoms with Crippen LogP contribution in [0.25, 0.3) is 0 Å². The zero-order valence-corrected chi connectivity index (χ0v) is 11.1. The van der Waals surface area contributed by atoms with E-state index in [1.54, 1.807) is 0 Å². The number of rotatable bonds is 4. The Bertz CT molecular complexity index is 411. The van der Waals surface area contributed by atoms with Crippen molar-refractivity contribution in [1.82, 2.24) is 0 Å². The first-order chi connectivity index (χ1) is 8.70. The van der Waals surface area contributed by atoms with Crippen LogP contribution in [0.3, 0.4) is 0 Å². The number of nitrogen functional groups attached to an aromatic ring is 1. The van der Waals surface area contributed by atoms with E-state index < -0.39 is 0 Å². The molecule has 1 saturated carbocycles. The lowest BCUT2D eigenvalue weighted by atomic mass is 10.0. The summed E-state index contributed by atoms with van der Waals surface area (Å²) in [6.07, 6.45) is 5.66. The molecule has 98 valence electrons. The van der Waals surface area contributed by atoms with Crippen molar-refractivity contribution in [3.63, 3.8) is 0 Å². The fourth-order valence-corrected chi connectivity index (χ4v) is 2.77. The number of nitrogens with two attached hydrogens (primary N) is 1. The number of carbonyl (C=O) groups excluding carboxylic acids is 1. The van der Waals surface area contributed by atoms with Gasteiger partial charge < -0.3 is 10.6 Å². The SMILES string of the molecule is CCN(C(=O)CC1CCCC1)c1cccc(N)c1. The van der Waals surface area contributed by atoms with Crippen LogP contribution in [0, 0.1) is 5.92 Å². The second kappa shape index (κ2) is 5.89. The van der Waals surface area contributed by atoms with E-state index in [1.807, 2.05) is 36.1 Å². The van der Waals surface area contributed by atoms with Crippen LogP contribution in [0.2, 0.25) is 0 Å². The largest absolute Gasteiger partial charge is 0.399 e. The second-order valence-corrected chi connectivity index (χ2v) is 5.09. The van der Waals surface area contributed by atoms with Gasteiger partial charge in [0.05, 0.1) is 0 Å². The summed E-state index contributed by atoms with van der Waals surface area (Å²) in [4.78, 5) is 14.2. The van der Waals surface area contributed by atoms with Gasteiger partial charge in [0.25, 0.3) is 0 Å². The fraction of sp³-hybridized carbons (Fsp3) is 0.533. The summed E-state index contributed by atoms with van der Waals surface area (Å²) in [5, 5.41) is 0. The van der Waals surface area contributed by atoms with E-state index in [4.69, 9.17) is 5.73 Å². The van der Waals surface area contributed by atoms with Gasteiger partial charge in [-0.1, -0.05) is 18.9 Å². The normalized spacial score (nSPS) is 15.8. The molecule has 18 heavy (non-hydrogen) atoms. The van der Waals surface area contributed by atoms with Crippen molar-refractivity contribution >= 4 is 17.3 Å². The molecule has 0 aliphatic heterocycles. The number of hydrogen-bond acceptors (Lipinski definition) is 2. The lowest BCUT2D eigenvalue weighted by molar-refractivity contribution is -0.119. The molecular weight excluding hydrogens is 224 g/mol. The summed E-state index contributed by atoms with van der Waals surface area (Å²) >= 11 is 0. The van der Waals surface area contributed by atoms with Gasteiger partial charge in [0.1, 0.15) is 0 Å². The number of nitrogens with zero attached hydrogens (tertiary/aromatic N) is 1. The molecule has 0 atom stereocenters. The maximum absolute atomic E-state index is 12.3. The van der Waals surface area contributed by atoms with Crippen molar-refractivity contribution in [1.29, 1.82) is 0 Å². The van der Waals surface area contributed by atoms with Crippen LogP contribution in [-0.4, -0.2) is 12.5 Å². The third-order valence-electron chi connectivity index (χ3n) is 3.74. The summed E-state index contributed by atoms with van der Waals surface area (Å²) in [7, 11) is 0. The van der Waals surface area contributed by atoms with Crippen molar-refractivity contribution < 1.29 is 4.79 Å². The van der Waals surface area contributed by atoms with Crippen LogP contribution in [0.4, 0.5) is 11.4 Å². The molecule has 1 aromatic rings. The van der Waals surface area contributed by atoms with Crippen LogP contribution in [0.15, 0.2) is 24.3 Å². The third-order valence-corrected chi connectivity index (χ3v) is 3.74. The molecule has 1 amide bonds. The number of amides is 1. The maximum atomic E-state index is 12.3. The average Bonchev–Trinajstić information content (AvgIpc) is 2.83. The van der Waals surface area contributed by atoms with Crippen molar-refractivity contribution in [3.8, 4) is 0 Å². The van der Waals surface area contributed by atoms with Gasteiger partial charge in [0.2, 0.25) is 5.91 Å². The fourth-order valence-electron chi connectivity index (χ4n) is 2.77. The Labute approximate surface area is 109 Å². The molecule has 0 heterocycles. The van der Waals surface area contributed by atoms with Crippen LogP contribution in [-0.2, 0) is 4.79 Å². The van der Waals surface area contributed by atoms with E-state index >= 15 is 0 Å². The molecule has 0 spiro atoms. The van der Waals surface area contributed by atoms with E-state index in [0.29, 0.717) is 24.6 Å². The molecule has 1 fully saturated rings. The Kier molecular flexibility index (Phi) is 4.24. The molecule has 0 saturated heterocycles. The average molecular weight is 246 g/mol. The molecular formula is C15H22N2O. The molecule has 3 nitrogen and oxygen atoms in total. The molecule has 0 bridgehead atoms. The van der Waals surface area contributed by atoms with E-state index in [1.165, 1.54) is 25.7 Å². The third kappa shape index (κ3) is 3.03. The first-order valence-electron chi connectivity index (χ1n) is 6.86. The van der Waals surface area contributed by atoms with E-state index in [2.05, 4.69) is 0 Å². The number of benzene rings is 1. The molecule has 2 N–H and O–H groups in total. The summed E-state index contributed by atoms with van der Waals surface area (Å²) in [6, 6.07) is 7.57. The molecule has 2 rings (SSSR count).